The first kappa shape index (κ1) is 9.95. The van der Waals surface area contributed by atoms with Crippen LogP contribution in [0.5, 0.6) is 0 Å². The van der Waals surface area contributed by atoms with Crippen LogP contribution in [0.2, 0.25) is 5.15 Å². The Hall–Kier alpha value is -1.03. The van der Waals surface area contributed by atoms with Crippen molar-refractivity contribution in [3.63, 3.8) is 0 Å². The monoisotopic (exact) mass is 250 g/mol. The van der Waals surface area contributed by atoms with E-state index in [0.717, 1.165) is 23.7 Å². The summed E-state index contributed by atoms with van der Waals surface area (Å²) in [6.07, 6.45) is 5.76. The molecule has 4 unspecified atom stereocenters. The summed E-state index contributed by atoms with van der Waals surface area (Å²) in [6, 6.07) is 0.578. The largest absolute Gasteiger partial charge is 0.393 e. The molecule has 4 rings (SSSR count). The van der Waals surface area contributed by atoms with Gasteiger partial charge in [-0.1, -0.05) is 11.6 Å². The van der Waals surface area contributed by atoms with E-state index in [9.17, 15) is 0 Å². The molecule has 3 N–H and O–H groups in total. The highest BCUT2D eigenvalue weighted by atomic mass is 35.5. The molecule has 3 aliphatic carbocycles. The maximum absolute atomic E-state index is 5.89. The lowest BCUT2D eigenvalue weighted by Gasteiger charge is -2.12. The average molecular weight is 251 g/mol. The van der Waals surface area contributed by atoms with Gasteiger partial charge in [-0.25, -0.2) is 9.97 Å². The molecule has 0 amide bonds. The van der Waals surface area contributed by atoms with Crippen LogP contribution in [0, 0.1) is 23.7 Å². The van der Waals surface area contributed by atoms with Gasteiger partial charge in [0, 0.05) is 6.04 Å². The van der Waals surface area contributed by atoms with E-state index in [0.29, 0.717) is 22.7 Å². The highest BCUT2D eigenvalue weighted by Crippen LogP contribution is 2.66. The first-order valence-electron chi connectivity index (χ1n) is 6.28. The quantitative estimate of drug-likeness (QED) is 0.790. The predicted molar refractivity (Wildman–Crippen MR) is 66.7 cm³/mol. The molecule has 3 fully saturated rings. The van der Waals surface area contributed by atoms with Gasteiger partial charge in [0.15, 0.2) is 11.0 Å². The van der Waals surface area contributed by atoms with Crippen molar-refractivity contribution < 1.29 is 0 Å². The van der Waals surface area contributed by atoms with E-state index in [-0.39, 0.29) is 0 Å². The van der Waals surface area contributed by atoms with Gasteiger partial charge in [-0.15, -0.1) is 0 Å². The van der Waals surface area contributed by atoms with E-state index < -0.39 is 0 Å². The third-order valence-corrected chi connectivity index (χ3v) is 5.18. The SMILES string of the molecule is Nc1c(Cl)ncnc1NC1C2C3CCC(C3)C12. The second-order valence-electron chi connectivity index (χ2n) is 5.58. The van der Waals surface area contributed by atoms with Gasteiger partial charge < -0.3 is 11.1 Å². The highest BCUT2D eigenvalue weighted by molar-refractivity contribution is 6.32. The van der Waals surface area contributed by atoms with E-state index in [1.807, 2.05) is 0 Å². The molecule has 1 aromatic rings. The van der Waals surface area contributed by atoms with Crippen molar-refractivity contribution in [3.05, 3.63) is 11.5 Å². The van der Waals surface area contributed by atoms with Crippen LogP contribution in [-0.2, 0) is 0 Å². The summed E-state index contributed by atoms with van der Waals surface area (Å²) in [7, 11) is 0. The number of aromatic nitrogens is 2. The topological polar surface area (TPSA) is 63.8 Å². The lowest BCUT2D eigenvalue weighted by Crippen LogP contribution is -2.15. The first-order valence-corrected chi connectivity index (χ1v) is 6.66. The lowest BCUT2D eigenvalue weighted by molar-refractivity contribution is 0.456. The summed E-state index contributed by atoms with van der Waals surface area (Å²) in [4.78, 5) is 8.06. The zero-order valence-corrected chi connectivity index (χ0v) is 10.2. The van der Waals surface area contributed by atoms with E-state index >= 15 is 0 Å². The van der Waals surface area contributed by atoms with Crippen LogP contribution in [-0.4, -0.2) is 16.0 Å². The molecule has 1 heterocycles. The summed E-state index contributed by atoms with van der Waals surface area (Å²) in [5, 5.41) is 3.81. The number of nitrogens with zero attached hydrogens (tertiary/aromatic N) is 2. The number of hydrogen-bond acceptors (Lipinski definition) is 4. The zero-order chi connectivity index (χ0) is 11.6. The number of hydrogen-bond donors (Lipinski definition) is 2. The Morgan fingerprint density at radius 3 is 2.65 bits per heavy atom. The van der Waals surface area contributed by atoms with E-state index in [1.165, 1.54) is 25.6 Å². The predicted octanol–water partition coefficient (Wildman–Crippen LogP) is 2.17. The molecule has 90 valence electrons. The Balaban J connectivity index is 1.55. The van der Waals surface area contributed by atoms with Crippen LogP contribution in [0.3, 0.4) is 0 Å². The Bertz CT molecular complexity index is 462. The first-order chi connectivity index (χ1) is 8.25. The third-order valence-electron chi connectivity index (χ3n) is 4.87. The molecule has 0 saturated heterocycles. The van der Waals surface area contributed by atoms with Crippen LogP contribution in [0.25, 0.3) is 0 Å². The van der Waals surface area contributed by atoms with Gasteiger partial charge in [-0.05, 0) is 42.9 Å². The minimum Gasteiger partial charge on any atom is -0.393 e. The second-order valence-corrected chi connectivity index (χ2v) is 5.94. The molecule has 2 bridgehead atoms. The molecule has 0 aliphatic heterocycles. The molecule has 0 aromatic carbocycles. The fourth-order valence-corrected chi connectivity index (χ4v) is 4.30. The molecule has 3 saturated carbocycles. The average Bonchev–Trinajstić information content (AvgIpc) is 2.72. The molecule has 5 heteroatoms. The third kappa shape index (κ3) is 1.30. The number of rotatable bonds is 2. The molecule has 0 spiro atoms. The van der Waals surface area contributed by atoms with Gasteiger partial charge in [0.25, 0.3) is 0 Å². The zero-order valence-electron chi connectivity index (χ0n) is 9.44. The molecule has 4 atom stereocenters. The number of nitrogen functional groups attached to an aromatic ring is 1. The smallest absolute Gasteiger partial charge is 0.157 e. The molecular weight excluding hydrogens is 236 g/mol. The number of anilines is 2. The van der Waals surface area contributed by atoms with Crippen molar-refractivity contribution in [2.45, 2.75) is 25.3 Å². The van der Waals surface area contributed by atoms with Gasteiger partial charge in [-0.2, -0.15) is 0 Å². The molecule has 17 heavy (non-hydrogen) atoms. The van der Waals surface area contributed by atoms with Gasteiger partial charge in [-0.3, -0.25) is 0 Å². The summed E-state index contributed by atoms with van der Waals surface area (Å²) >= 11 is 5.89. The van der Waals surface area contributed by atoms with Crippen molar-refractivity contribution in [3.8, 4) is 0 Å². The van der Waals surface area contributed by atoms with Gasteiger partial charge >= 0.3 is 0 Å². The molecule has 3 aliphatic rings. The minimum absolute atomic E-state index is 0.344. The van der Waals surface area contributed by atoms with Gasteiger partial charge in [0.2, 0.25) is 0 Å². The van der Waals surface area contributed by atoms with Crippen molar-refractivity contribution in [2.75, 3.05) is 11.1 Å². The fraction of sp³-hybridized carbons (Fsp3) is 0.667. The summed E-state index contributed by atoms with van der Waals surface area (Å²) in [5.41, 5.74) is 6.35. The number of fused-ring (bicyclic) bond motifs is 5. The molecular formula is C12H15ClN4. The Labute approximate surface area is 105 Å². The molecule has 0 radical (unpaired) electrons. The maximum Gasteiger partial charge on any atom is 0.157 e. The minimum atomic E-state index is 0.344. The standard InChI is InChI=1S/C12H15ClN4/c13-11-9(14)12(16-4-15-11)17-10-7-5-1-2-6(3-5)8(7)10/h4-8,10H,1-3,14H2,(H,15,16,17). The van der Waals surface area contributed by atoms with Crippen molar-refractivity contribution in [2.24, 2.45) is 23.7 Å². The molecule has 1 aromatic heterocycles. The second kappa shape index (κ2) is 3.25. The fourth-order valence-electron chi connectivity index (χ4n) is 4.17. The molecule has 4 nitrogen and oxygen atoms in total. The summed E-state index contributed by atoms with van der Waals surface area (Å²) < 4.78 is 0. The number of nitrogens with two attached hydrogens (primary N) is 1. The Kier molecular flexibility index (Phi) is 1.90. The van der Waals surface area contributed by atoms with Crippen LogP contribution in [0.1, 0.15) is 19.3 Å². The van der Waals surface area contributed by atoms with E-state index in [2.05, 4.69) is 15.3 Å². The normalized spacial score (nSPS) is 41.4. The van der Waals surface area contributed by atoms with Crippen LogP contribution >= 0.6 is 11.6 Å². The van der Waals surface area contributed by atoms with E-state index in [4.69, 9.17) is 17.3 Å². The maximum atomic E-state index is 5.89. The summed E-state index contributed by atoms with van der Waals surface area (Å²) in [5.74, 6) is 4.33. The van der Waals surface area contributed by atoms with E-state index in [1.54, 1.807) is 0 Å². The number of halogens is 1. The van der Waals surface area contributed by atoms with Gasteiger partial charge in [0.1, 0.15) is 12.0 Å². The Morgan fingerprint density at radius 1 is 1.24 bits per heavy atom. The van der Waals surface area contributed by atoms with Gasteiger partial charge in [0.05, 0.1) is 0 Å². The Morgan fingerprint density at radius 2 is 1.94 bits per heavy atom. The van der Waals surface area contributed by atoms with Crippen LogP contribution < -0.4 is 11.1 Å². The van der Waals surface area contributed by atoms with Crippen LogP contribution in [0.15, 0.2) is 6.33 Å². The number of nitrogens with one attached hydrogen (secondary N) is 1. The van der Waals surface area contributed by atoms with Crippen molar-refractivity contribution in [1.29, 1.82) is 0 Å². The van der Waals surface area contributed by atoms with Crippen molar-refractivity contribution in [1.82, 2.24) is 9.97 Å². The highest BCUT2D eigenvalue weighted by Gasteiger charge is 2.65. The van der Waals surface area contributed by atoms with Crippen molar-refractivity contribution >= 4 is 23.1 Å². The van der Waals surface area contributed by atoms with Crippen LogP contribution in [0.4, 0.5) is 11.5 Å². The summed E-state index contributed by atoms with van der Waals surface area (Å²) in [6.45, 7) is 0. The lowest BCUT2D eigenvalue weighted by atomic mass is 10.0.